The normalized spacial score (nSPS) is 14.1. The van der Waals surface area contributed by atoms with E-state index in [1.54, 1.807) is 0 Å². The molecule has 3 heterocycles. The van der Waals surface area contributed by atoms with Crippen molar-refractivity contribution in [3.05, 3.63) is 110 Å². The number of hydrogen-bond donors (Lipinski definition) is 1. The molecule has 8 heteroatoms. The van der Waals surface area contributed by atoms with Gasteiger partial charge in [0, 0.05) is 18.4 Å². The third-order valence-electron chi connectivity index (χ3n) is 7.80. The van der Waals surface area contributed by atoms with Crippen molar-refractivity contribution in [1.82, 2.24) is 19.7 Å². The van der Waals surface area contributed by atoms with Crippen LogP contribution in [0, 0.1) is 0 Å². The minimum atomic E-state index is -0.620. The summed E-state index contributed by atoms with van der Waals surface area (Å²) in [4.78, 5) is 34.0. The van der Waals surface area contributed by atoms with Crippen LogP contribution < -0.4 is 16.1 Å². The lowest BCUT2D eigenvalue weighted by atomic mass is 9.96. The number of ether oxygens (including phenoxy) is 1. The lowest BCUT2D eigenvalue weighted by Gasteiger charge is -2.18. The predicted molar refractivity (Wildman–Crippen MR) is 163 cm³/mol. The second kappa shape index (κ2) is 11.6. The van der Waals surface area contributed by atoms with Crippen LogP contribution in [0.3, 0.4) is 0 Å². The lowest BCUT2D eigenvalue weighted by molar-refractivity contribution is 0.254. The molecule has 42 heavy (non-hydrogen) atoms. The highest BCUT2D eigenvalue weighted by Gasteiger charge is 2.23. The van der Waals surface area contributed by atoms with Crippen molar-refractivity contribution < 1.29 is 9.26 Å². The minimum absolute atomic E-state index is 0.0524. The Morgan fingerprint density at radius 2 is 1.81 bits per heavy atom. The van der Waals surface area contributed by atoms with Gasteiger partial charge in [-0.15, -0.1) is 0 Å². The summed E-state index contributed by atoms with van der Waals surface area (Å²) in [6, 6.07) is 21.9. The van der Waals surface area contributed by atoms with Crippen molar-refractivity contribution >= 4 is 0 Å². The molecule has 8 nitrogen and oxygen atoms in total. The van der Waals surface area contributed by atoms with Crippen molar-refractivity contribution in [2.24, 2.45) is 0 Å². The summed E-state index contributed by atoms with van der Waals surface area (Å²) in [7, 11) is 0. The largest absolute Gasteiger partial charge is 0.490 e. The first-order chi connectivity index (χ1) is 20.4. The molecule has 5 aromatic rings. The summed E-state index contributed by atoms with van der Waals surface area (Å²) in [6.07, 6.45) is 4.24. The monoisotopic (exact) mass is 562 g/mol. The van der Waals surface area contributed by atoms with Crippen molar-refractivity contribution in [2.45, 2.75) is 65.5 Å². The number of nitrogens with zero attached hydrogens (tertiary/aromatic N) is 3. The highest BCUT2D eigenvalue weighted by molar-refractivity contribution is 5.81. The number of H-pyrrole nitrogens is 1. The van der Waals surface area contributed by atoms with E-state index in [0.29, 0.717) is 30.8 Å². The Morgan fingerprint density at radius 1 is 0.976 bits per heavy atom. The van der Waals surface area contributed by atoms with Gasteiger partial charge in [-0.05, 0) is 65.8 Å². The van der Waals surface area contributed by atoms with Gasteiger partial charge in [0.1, 0.15) is 17.7 Å². The van der Waals surface area contributed by atoms with Crippen LogP contribution in [0.25, 0.3) is 33.6 Å². The van der Waals surface area contributed by atoms with Gasteiger partial charge in [0.2, 0.25) is 0 Å². The molecule has 3 aromatic carbocycles. The van der Waals surface area contributed by atoms with Gasteiger partial charge in [-0.3, -0.25) is 18.9 Å². The summed E-state index contributed by atoms with van der Waals surface area (Å²) >= 11 is 0. The molecule has 1 aliphatic rings. The Balaban J connectivity index is 1.48. The van der Waals surface area contributed by atoms with Crippen molar-refractivity contribution in [3.8, 4) is 39.4 Å². The molecule has 214 valence electrons. The molecule has 1 aliphatic heterocycles. The standard InChI is InChI=1S/C34H34N4O4/c1-4-6-12-30-35-28(5-2)31(24-14-16-29-25(19-24)17-21(3)41-29)33(39)38(30)20-22-13-15-26(23-10-8-7-9-11-23)27(18-22)32-36-34(40)42-37-32/h7-11,13-16,18-19,21H,4-6,12,17,20H2,1-3H3,(H,36,37,40). The zero-order chi connectivity index (χ0) is 29.2. The molecular formula is C34H34N4O4. The van der Waals surface area contributed by atoms with Crippen LogP contribution >= 0.6 is 0 Å². The fourth-order valence-electron chi connectivity index (χ4n) is 5.74. The number of hydrogen-bond acceptors (Lipinski definition) is 6. The smallest absolute Gasteiger partial charge is 0.439 e. The molecule has 1 unspecified atom stereocenters. The second-order valence-corrected chi connectivity index (χ2v) is 10.8. The first kappa shape index (κ1) is 27.4. The number of rotatable bonds is 9. The summed E-state index contributed by atoms with van der Waals surface area (Å²) in [6.45, 7) is 6.57. The van der Waals surface area contributed by atoms with Gasteiger partial charge in [0.15, 0.2) is 5.82 Å². The number of aromatic nitrogens is 4. The van der Waals surface area contributed by atoms with E-state index in [4.69, 9.17) is 14.2 Å². The molecule has 2 aromatic heterocycles. The molecular weight excluding hydrogens is 528 g/mol. The number of aromatic amines is 1. The molecule has 6 rings (SSSR count). The first-order valence-corrected chi connectivity index (χ1v) is 14.6. The molecule has 1 N–H and O–H groups in total. The number of unbranched alkanes of at least 4 members (excludes halogenated alkanes) is 1. The van der Waals surface area contributed by atoms with Crippen molar-refractivity contribution in [1.29, 1.82) is 0 Å². The maximum atomic E-state index is 14.4. The molecule has 0 aliphatic carbocycles. The SMILES string of the molecule is CCCCc1nc(CC)c(-c2ccc3c(c2)CC(C)O3)c(=O)n1Cc1ccc(-c2ccccc2)c(-c2noc(=O)[nH]2)c1. The fourth-order valence-corrected chi connectivity index (χ4v) is 5.74. The maximum absolute atomic E-state index is 14.4. The van der Waals surface area contributed by atoms with Gasteiger partial charge in [-0.2, -0.15) is 0 Å². The molecule has 0 spiro atoms. The Kier molecular flexibility index (Phi) is 7.61. The van der Waals surface area contributed by atoms with Gasteiger partial charge in [0.25, 0.3) is 5.56 Å². The van der Waals surface area contributed by atoms with Crippen LogP contribution in [0.4, 0.5) is 0 Å². The summed E-state index contributed by atoms with van der Waals surface area (Å²) in [5.41, 5.74) is 6.88. The lowest BCUT2D eigenvalue weighted by Crippen LogP contribution is -2.29. The minimum Gasteiger partial charge on any atom is -0.490 e. The highest BCUT2D eigenvalue weighted by Crippen LogP contribution is 2.34. The Hall–Kier alpha value is -4.72. The van der Waals surface area contributed by atoms with E-state index in [1.165, 1.54) is 0 Å². The van der Waals surface area contributed by atoms with Gasteiger partial charge in [0.05, 0.1) is 17.8 Å². The van der Waals surface area contributed by atoms with E-state index < -0.39 is 5.76 Å². The number of nitrogens with one attached hydrogen (secondary N) is 1. The predicted octanol–water partition coefficient (Wildman–Crippen LogP) is 6.20. The average Bonchev–Trinajstić information content (AvgIpc) is 3.61. The molecule has 0 radical (unpaired) electrons. The summed E-state index contributed by atoms with van der Waals surface area (Å²) in [5.74, 6) is 1.39. The quantitative estimate of drug-likeness (QED) is 0.230. The molecule has 0 bridgehead atoms. The van der Waals surface area contributed by atoms with Crippen LogP contribution in [0.1, 0.15) is 56.3 Å². The zero-order valence-electron chi connectivity index (χ0n) is 24.1. The van der Waals surface area contributed by atoms with Crippen LogP contribution in [0.5, 0.6) is 5.75 Å². The van der Waals surface area contributed by atoms with E-state index in [1.807, 2.05) is 72.2 Å². The van der Waals surface area contributed by atoms with E-state index >= 15 is 0 Å². The Labute approximate surface area is 244 Å². The Bertz CT molecular complexity index is 1850. The van der Waals surface area contributed by atoms with Crippen LogP contribution in [-0.4, -0.2) is 25.8 Å². The summed E-state index contributed by atoms with van der Waals surface area (Å²) in [5, 5.41) is 3.97. The third-order valence-corrected chi connectivity index (χ3v) is 7.80. The average molecular weight is 563 g/mol. The third kappa shape index (κ3) is 5.32. The maximum Gasteiger partial charge on any atom is 0.439 e. The first-order valence-electron chi connectivity index (χ1n) is 14.6. The van der Waals surface area contributed by atoms with Crippen LogP contribution in [0.2, 0.25) is 0 Å². The summed E-state index contributed by atoms with van der Waals surface area (Å²) < 4.78 is 12.6. The van der Waals surface area contributed by atoms with E-state index in [9.17, 15) is 9.59 Å². The van der Waals surface area contributed by atoms with Gasteiger partial charge < -0.3 is 4.74 Å². The molecule has 0 fully saturated rings. The van der Waals surface area contributed by atoms with E-state index in [2.05, 4.69) is 30.1 Å². The molecule has 0 saturated carbocycles. The number of benzene rings is 3. The number of aryl methyl sites for hydroxylation is 2. The van der Waals surface area contributed by atoms with Gasteiger partial charge >= 0.3 is 5.76 Å². The fraction of sp³-hybridized carbons (Fsp3) is 0.294. The topological polar surface area (TPSA) is 103 Å². The van der Waals surface area contributed by atoms with Crippen LogP contribution in [0.15, 0.2) is 80.8 Å². The van der Waals surface area contributed by atoms with Crippen molar-refractivity contribution in [2.75, 3.05) is 0 Å². The van der Waals surface area contributed by atoms with Crippen LogP contribution in [-0.2, 0) is 25.8 Å². The van der Waals surface area contributed by atoms with Gasteiger partial charge in [-0.1, -0.05) is 74.0 Å². The van der Waals surface area contributed by atoms with Gasteiger partial charge in [-0.25, -0.2) is 9.78 Å². The second-order valence-electron chi connectivity index (χ2n) is 10.8. The molecule has 1 atom stereocenters. The van der Waals surface area contributed by atoms with Crippen molar-refractivity contribution in [3.63, 3.8) is 0 Å². The van der Waals surface area contributed by atoms with E-state index in [-0.39, 0.29) is 11.7 Å². The Morgan fingerprint density at radius 3 is 2.55 bits per heavy atom. The van der Waals surface area contributed by atoms with E-state index in [0.717, 1.165) is 69.9 Å². The molecule has 0 amide bonds. The highest BCUT2D eigenvalue weighted by atomic mass is 16.5. The number of fused-ring (bicyclic) bond motifs is 1. The molecule has 0 saturated heterocycles. The zero-order valence-corrected chi connectivity index (χ0v) is 24.1.